The van der Waals surface area contributed by atoms with Crippen LogP contribution in [0.25, 0.3) is 0 Å². The fraction of sp³-hybridized carbons (Fsp3) is 0.455. The SMILES string of the molecule is CCCN(CC(=O)N(Cc1cccn1C)CC(C)C)C(=O)c1cccc(Br)c1. The van der Waals surface area contributed by atoms with Crippen LogP contribution in [0, 0.1) is 5.92 Å². The average molecular weight is 448 g/mol. The van der Waals surface area contributed by atoms with E-state index in [0.717, 1.165) is 16.6 Å². The maximum Gasteiger partial charge on any atom is 0.254 e. The lowest BCUT2D eigenvalue weighted by molar-refractivity contribution is -0.133. The summed E-state index contributed by atoms with van der Waals surface area (Å²) in [6.45, 7) is 8.07. The molecule has 28 heavy (non-hydrogen) atoms. The minimum atomic E-state index is -0.111. The van der Waals surface area contributed by atoms with E-state index in [1.54, 1.807) is 17.0 Å². The Hall–Kier alpha value is -2.08. The summed E-state index contributed by atoms with van der Waals surface area (Å²) in [5.74, 6) is 0.219. The van der Waals surface area contributed by atoms with Crippen LogP contribution in [-0.4, -0.2) is 45.8 Å². The van der Waals surface area contributed by atoms with Crippen LogP contribution >= 0.6 is 15.9 Å². The Morgan fingerprint density at radius 3 is 2.46 bits per heavy atom. The Morgan fingerprint density at radius 1 is 1.14 bits per heavy atom. The second-order valence-electron chi connectivity index (χ2n) is 7.52. The molecule has 0 aliphatic carbocycles. The summed E-state index contributed by atoms with van der Waals surface area (Å²) in [5.41, 5.74) is 1.67. The number of nitrogens with zero attached hydrogens (tertiary/aromatic N) is 3. The number of amides is 2. The first-order valence-corrected chi connectivity index (χ1v) is 10.5. The Bertz CT molecular complexity index is 801. The average Bonchev–Trinajstić information content (AvgIpc) is 3.04. The second kappa shape index (κ2) is 10.5. The largest absolute Gasteiger partial charge is 0.353 e. The monoisotopic (exact) mass is 447 g/mol. The van der Waals surface area contributed by atoms with E-state index in [0.29, 0.717) is 31.1 Å². The Balaban J connectivity index is 2.16. The molecule has 6 heteroatoms. The van der Waals surface area contributed by atoms with E-state index in [4.69, 9.17) is 0 Å². The van der Waals surface area contributed by atoms with Crippen molar-refractivity contribution in [3.8, 4) is 0 Å². The highest BCUT2D eigenvalue weighted by Crippen LogP contribution is 2.15. The molecule has 0 atom stereocenters. The predicted octanol–water partition coefficient (Wildman–Crippen LogP) is 4.32. The molecule has 0 N–H and O–H groups in total. The van der Waals surface area contributed by atoms with Crippen molar-refractivity contribution in [3.05, 3.63) is 58.3 Å². The number of rotatable bonds is 9. The summed E-state index contributed by atoms with van der Waals surface area (Å²) >= 11 is 3.41. The highest BCUT2D eigenvalue weighted by atomic mass is 79.9. The van der Waals surface area contributed by atoms with Gasteiger partial charge in [0.15, 0.2) is 0 Å². The first-order valence-electron chi connectivity index (χ1n) is 9.74. The van der Waals surface area contributed by atoms with E-state index in [-0.39, 0.29) is 18.4 Å². The third-order valence-corrected chi connectivity index (χ3v) is 5.01. The van der Waals surface area contributed by atoms with Crippen molar-refractivity contribution in [2.45, 2.75) is 33.7 Å². The standard InChI is InChI=1S/C22H30BrN3O2/c1-5-11-25(22(28)18-8-6-9-19(23)13-18)16-21(27)26(14-17(2)3)15-20-10-7-12-24(20)4/h6-10,12-13,17H,5,11,14-16H2,1-4H3. The zero-order valence-corrected chi connectivity index (χ0v) is 18.8. The maximum atomic E-state index is 13.1. The number of aryl methyl sites for hydroxylation is 1. The van der Waals surface area contributed by atoms with Crippen LogP contribution in [0.2, 0.25) is 0 Å². The van der Waals surface area contributed by atoms with Crippen LogP contribution in [-0.2, 0) is 18.4 Å². The molecule has 5 nitrogen and oxygen atoms in total. The molecule has 1 heterocycles. The number of benzene rings is 1. The number of carbonyl (C=O) groups is 2. The Kier molecular flexibility index (Phi) is 8.30. The van der Waals surface area contributed by atoms with Crippen molar-refractivity contribution in [3.63, 3.8) is 0 Å². The molecule has 0 saturated heterocycles. The molecule has 0 bridgehead atoms. The lowest BCUT2D eigenvalue weighted by Crippen LogP contribution is -2.44. The third-order valence-electron chi connectivity index (χ3n) is 4.52. The van der Waals surface area contributed by atoms with Crippen molar-refractivity contribution in [2.24, 2.45) is 13.0 Å². The van der Waals surface area contributed by atoms with Crippen molar-refractivity contribution in [1.29, 1.82) is 0 Å². The molecule has 152 valence electrons. The molecule has 2 rings (SSSR count). The highest BCUT2D eigenvalue weighted by Gasteiger charge is 2.23. The molecule has 2 aromatic rings. The van der Waals surface area contributed by atoms with Crippen molar-refractivity contribution in [2.75, 3.05) is 19.6 Å². The smallest absolute Gasteiger partial charge is 0.254 e. The van der Waals surface area contributed by atoms with Crippen LogP contribution < -0.4 is 0 Å². The molecule has 0 unspecified atom stereocenters. The van der Waals surface area contributed by atoms with Gasteiger partial charge in [-0.2, -0.15) is 0 Å². The normalized spacial score (nSPS) is 10.9. The van der Waals surface area contributed by atoms with E-state index in [9.17, 15) is 9.59 Å². The highest BCUT2D eigenvalue weighted by molar-refractivity contribution is 9.10. The van der Waals surface area contributed by atoms with E-state index in [1.807, 2.05) is 53.9 Å². The minimum absolute atomic E-state index is 0.0216. The quantitative estimate of drug-likeness (QED) is 0.574. The Morgan fingerprint density at radius 2 is 1.89 bits per heavy atom. The van der Waals surface area contributed by atoms with Gasteiger partial charge in [0.2, 0.25) is 5.91 Å². The number of aromatic nitrogens is 1. The van der Waals surface area contributed by atoms with Gasteiger partial charge in [-0.05, 0) is 42.7 Å². The predicted molar refractivity (Wildman–Crippen MR) is 116 cm³/mol. The van der Waals surface area contributed by atoms with Crippen molar-refractivity contribution in [1.82, 2.24) is 14.4 Å². The number of halogens is 1. The molecule has 1 aromatic heterocycles. The fourth-order valence-electron chi connectivity index (χ4n) is 3.14. The Labute approximate surface area is 176 Å². The molecule has 0 aliphatic rings. The zero-order chi connectivity index (χ0) is 20.7. The minimum Gasteiger partial charge on any atom is -0.353 e. The van der Waals surface area contributed by atoms with Crippen LogP contribution in [0.5, 0.6) is 0 Å². The molecule has 1 aromatic carbocycles. The topological polar surface area (TPSA) is 45.6 Å². The molecule has 0 radical (unpaired) electrons. The van der Waals surface area contributed by atoms with Crippen molar-refractivity contribution >= 4 is 27.7 Å². The summed E-state index contributed by atoms with van der Waals surface area (Å²) < 4.78 is 2.88. The van der Waals surface area contributed by atoms with Gasteiger partial charge in [0.05, 0.1) is 6.54 Å². The van der Waals surface area contributed by atoms with E-state index < -0.39 is 0 Å². The van der Waals surface area contributed by atoms with Crippen LogP contribution in [0.1, 0.15) is 43.2 Å². The number of hydrogen-bond donors (Lipinski definition) is 0. The number of carbonyl (C=O) groups excluding carboxylic acids is 2. The number of hydrogen-bond acceptors (Lipinski definition) is 2. The second-order valence-corrected chi connectivity index (χ2v) is 8.43. The molecule has 0 fully saturated rings. The lowest BCUT2D eigenvalue weighted by atomic mass is 10.1. The molecule has 0 aliphatic heterocycles. The van der Waals surface area contributed by atoms with Gasteiger partial charge in [-0.3, -0.25) is 9.59 Å². The van der Waals surface area contributed by atoms with Crippen molar-refractivity contribution < 1.29 is 9.59 Å². The maximum absolute atomic E-state index is 13.1. The van der Waals surface area contributed by atoms with Gasteiger partial charge >= 0.3 is 0 Å². The lowest BCUT2D eigenvalue weighted by Gasteiger charge is -2.29. The summed E-state index contributed by atoms with van der Waals surface area (Å²) in [4.78, 5) is 29.6. The molecule has 0 spiro atoms. The van der Waals surface area contributed by atoms with Crippen LogP contribution in [0.3, 0.4) is 0 Å². The van der Waals surface area contributed by atoms with Gasteiger partial charge in [-0.15, -0.1) is 0 Å². The van der Waals surface area contributed by atoms with Gasteiger partial charge in [-0.25, -0.2) is 0 Å². The first kappa shape index (κ1) is 22.2. The van der Waals surface area contributed by atoms with Gasteiger partial charge in [0, 0.05) is 42.1 Å². The van der Waals surface area contributed by atoms with Gasteiger partial charge in [-0.1, -0.05) is 42.8 Å². The van der Waals surface area contributed by atoms with Crippen LogP contribution in [0.15, 0.2) is 47.1 Å². The molecular formula is C22H30BrN3O2. The summed E-state index contributed by atoms with van der Waals surface area (Å²) in [6.07, 6.45) is 2.78. The zero-order valence-electron chi connectivity index (χ0n) is 17.2. The van der Waals surface area contributed by atoms with Gasteiger partial charge in [0.25, 0.3) is 5.91 Å². The first-order chi connectivity index (χ1) is 13.3. The summed E-state index contributed by atoms with van der Waals surface area (Å²) in [6, 6.07) is 11.3. The van der Waals surface area contributed by atoms with E-state index in [1.165, 1.54) is 0 Å². The van der Waals surface area contributed by atoms with E-state index >= 15 is 0 Å². The molecular weight excluding hydrogens is 418 g/mol. The van der Waals surface area contributed by atoms with E-state index in [2.05, 4.69) is 29.8 Å². The summed E-state index contributed by atoms with van der Waals surface area (Å²) in [7, 11) is 1.98. The third kappa shape index (κ3) is 6.23. The fourth-order valence-corrected chi connectivity index (χ4v) is 3.54. The van der Waals surface area contributed by atoms with Gasteiger partial charge < -0.3 is 14.4 Å². The molecule has 0 saturated carbocycles. The van der Waals surface area contributed by atoms with Gasteiger partial charge in [0.1, 0.15) is 6.54 Å². The molecule has 2 amide bonds. The van der Waals surface area contributed by atoms with Crippen LogP contribution in [0.4, 0.5) is 0 Å². The summed E-state index contributed by atoms with van der Waals surface area (Å²) in [5, 5.41) is 0.